The molecule has 0 bridgehead atoms. The molecule has 17 heavy (non-hydrogen) atoms. The normalized spacial score (nSPS) is 19.2. The summed E-state index contributed by atoms with van der Waals surface area (Å²) in [6, 6.07) is 2.60. The average molecular weight is 233 g/mol. The minimum absolute atomic E-state index is 0.602. The highest BCUT2D eigenvalue weighted by Gasteiger charge is 2.19. The average Bonchev–Trinajstić information content (AvgIpc) is 2.37. The highest BCUT2D eigenvalue weighted by atomic mass is 15.0. The summed E-state index contributed by atoms with van der Waals surface area (Å²) in [5.41, 5.74) is 1.10. The van der Waals surface area contributed by atoms with Crippen molar-refractivity contribution < 1.29 is 0 Å². The maximum Gasteiger partial charge on any atom is 0.125 e. The standard InChI is InChI=1S/C14H23N3/c1-11(13-6-4-3-5-7-13)16-10-14-8-9-15-12(2)17-14/h8-9,11,13,16H,3-7,10H2,1-2H3/t11-/m0/s1. The summed E-state index contributed by atoms with van der Waals surface area (Å²) in [5, 5.41) is 3.61. The molecule has 1 heterocycles. The van der Waals surface area contributed by atoms with Crippen LogP contribution in [0.15, 0.2) is 12.3 Å². The molecule has 3 nitrogen and oxygen atoms in total. The predicted molar refractivity (Wildman–Crippen MR) is 69.6 cm³/mol. The molecule has 0 unspecified atom stereocenters. The molecule has 3 heteroatoms. The lowest BCUT2D eigenvalue weighted by Crippen LogP contribution is -2.34. The van der Waals surface area contributed by atoms with Gasteiger partial charge < -0.3 is 5.32 Å². The van der Waals surface area contributed by atoms with Gasteiger partial charge in [-0.25, -0.2) is 9.97 Å². The predicted octanol–water partition coefficient (Wildman–Crippen LogP) is 2.84. The third kappa shape index (κ3) is 3.77. The number of nitrogens with one attached hydrogen (secondary N) is 1. The number of aromatic nitrogens is 2. The van der Waals surface area contributed by atoms with E-state index in [-0.39, 0.29) is 0 Å². The molecule has 1 aliphatic carbocycles. The van der Waals surface area contributed by atoms with Crippen LogP contribution in [0, 0.1) is 12.8 Å². The van der Waals surface area contributed by atoms with E-state index in [1.165, 1.54) is 32.1 Å². The fourth-order valence-electron chi connectivity index (χ4n) is 2.67. The maximum absolute atomic E-state index is 4.42. The first kappa shape index (κ1) is 12.5. The summed E-state index contributed by atoms with van der Waals surface area (Å²) in [4.78, 5) is 8.53. The first-order chi connectivity index (χ1) is 8.25. The van der Waals surface area contributed by atoms with Crippen molar-refractivity contribution in [3.05, 3.63) is 23.8 Å². The van der Waals surface area contributed by atoms with Gasteiger partial charge in [-0.1, -0.05) is 19.3 Å². The molecule has 2 rings (SSSR count). The second-order valence-electron chi connectivity index (χ2n) is 5.16. The zero-order chi connectivity index (χ0) is 12.1. The largest absolute Gasteiger partial charge is 0.308 e. The third-order valence-corrected chi connectivity index (χ3v) is 3.80. The molecule has 1 fully saturated rings. The summed E-state index contributed by atoms with van der Waals surface area (Å²) in [7, 11) is 0. The molecule has 0 amide bonds. The van der Waals surface area contributed by atoms with Gasteiger partial charge in [-0.2, -0.15) is 0 Å². The second kappa shape index (κ2) is 6.10. The fourth-order valence-corrected chi connectivity index (χ4v) is 2.67. The Morgan fingerprint density at radius 1 is 1.35 bits per heavy atom. The van der Waals surface area contributed by atoms with Crippen molar-refractivity contribution in [3.63, 3.8) is 0 Å². The van der Waals surface area contributed by atoms with E-state index < -0.39 is 0 Å². The summed E-state index contributed by atoms with van der Waals surface area (Å²) in [6.07, 6.45) is 8.85. The maximum atomic E-state index is 4.42. The lowest BCUT2D eigenvalue weighted by Gasteiger charge is -2.28. The van der Waals surface area contributed by atoms with Gasteiger partial charge in [0.25, 0.3) is 0 Å². The molecule has 0 aliphatic heterocycles. The third-order valence-electron chi connectivity index (χ3n) is 3.80. The van der Waals surface area contributed by atoms with Crippen LogP contribution < -0.4 is 5.32 Å². The molecule has 0 saturated heterocycles. The molecule has 1 aliphatic rings. The second-order valence-corrected chi connectivity index (χ2v) is 5.16. The Morgan fingerprint density at radius 3 is 2.82 bits per heavy atom. The van der Waals surface area contributed by atoms with Gasteiger partial charge in [-0.15, -0.1) is 0 Å². The van der Waals surface area contributed by atoms with Crippen LogP contribution in [0.2, 0.25) is 0 Å². The van der Waals surface area contributed by atoms with Gasteiger partial charge in [0.2, 0.25) is 0 Å². The quantitative estimate of drug-likeness (QED) is 0.869. The van der Waals surface area contributed by atoms with Crippen molar-refractivity contribution >= 4 is 0 Å². The SMILES string of the molecule is Cc1nccc(CN[C@@H](C)C2CCCCC2)n1. The smallest absolute Gasteiger partial charge is 0.125 e. The number of hydrogen-bond donors (Lipinski definition) is 1. The Balaban J connectivity index is 1.80. The summed E-state index contributed by atoms with van der Waals surface area (Å²) in [6.45, 7) is 5.11. The molecule has 0 aromatic carbocycles. The van der Waals surface area contributed by atoms with Crippen LogP contribution in [0.3, 0.4) is 0 Å². The number of aryl methyl sites for hydroxylation is 1. The van der Waals surface area contributed by atoms with E-state index in [2.05, 4.69) is 22.2 Å². The van der Waals surface area contributed by atoms with Gasteiger partial charge in [0.05, 0.1) is 5.69 Å². The lowest BCUT2D eigenvalue weighted by molar-refractivity contribution is 0.280. The zero-order valence-electron chi connectivity index (χ0n) is 10.9. The monoisotopic (exact) mass is 233 g/mol. The summed E-state index contributed by atoms with van der Waals surface area (Å²) >= 11 is 0. The number of rotatable bonds is 4. The van der Waals surface area contributed by atoms with Gasteiger partial charge in [-0.3, -0.25) is 0 Å². The van der Waals surface area contributed by atoms with Crippen molar-refractivity contribution in [2.75, 3.05) is 0 Å². The Bertz CT molecular complexity index is 345. The van der Waals surface area contributed by atoms with Crippen molar-refractivity contribution in [1.29, 1.82) is 0 Å². The minimum atomic E-state index is 0.602. The van der Waals surface area contributed by atoms with Crippen LogP contribution >= 0.6 is 0 Å². The van der Waals surface area contributed by atoms with Gasteiger partial charge in [0, 0.05) is 18.8 Å². The highest BCUT2D eigenvalue weighted by molar-refractivity contribution is 5.01. The van der Waals surface area contributed by atoms with E-state index in [0.717, 1.165) is 24.0 Å². The Kier molecular flexibility index (Phi) is 4.49. The van der Waals surface area contributed by atoms with E-state index in [4.69, 9.17) is 0 Å². The fraction of sp³-hybridized carbons (Fsp3) is 0.714. The van der Waals surface area contributed by atoms with E-state index in [1.54, 1.807) is 0 Å². The van der Waals surface area contributed by atoms with Crippen LogP contribution in [0.1, 0.15) is 50.5 Å². The number of nitrogens with zero attached hydrogens (tertiary/aromatic N) is 2. The van der Waals surface area contributed by atoms with Gasteiger partial charge in [0.1, 0.15) is 5.82 Å². The van der Waals surface area contributed by atoms with E-state index in [9.17, 15) is 0 Å². The molecule has 1 aromatic heterocycles. The molecule has 1 aromatic rings. The van der Waals surface area contributed by atoms with Crippen LogP contribution in [0.5, 0.6) is 0 Å². The van der Waals surface area contributed by atoms with Crippen LogP contribution in [0.4, 0.5) is 0 Å². The molecule has 1 N–H and O–H groups in total. The van der Waals surface area contributed by atoms with Crippen LogP contribution in [0.25, 0.3) is 0 Å². The molecule has 1 atom stereocenters. The van der Waals surface area contributed by atoms with Crippen LogP contribution in [-0.2, 0) is 6.54 Å². The zero-order valence-corrected chi connectivity index (χ0v) is 10.9. The lowest BCUT2D eigenvalue weighted by atomic mass is 9.84. The van der Waals surface area contributed by atoms with Crippen molar-refractivity contribution in [2.45, 2.75) is 58.5 Å². The van der Waals surface area contributed by atoms with Gasteiger partial charge in [0.15, 0.2) is 0 Å². The number of hydrogen-bond acceptors (Lipinski definition) is 3. The van der Waals surface area contributed by atoms with E-state index >= 15 is 0 Å². The Hall–Kier alpha value is -0.960. The molecule has 1 saturated carbocycles. The Morgan fingerprint density at radius 2 is 2.12 bits per heavy atom. The van der Waals surface area contributed by atoms with Crippen molar-refractivity contribution in [3.8, 4) is 0 Å². The van der Waals surface area contributed by atoms with E-state index in [0.29, 0.717) is 6.04 Å². The first-order valence-corrected chi connectivity index (χ1v) is 6.77. The molecule has 94 valence electrons. The van der Waals surface area contributed by atoms with Gasteiger partial charge in [-0.05, 0) is 38.7 Å². The highest BCUT2D eigenvalue weighted by Crippen LogP contribution is 2.26. The van der Waals surface area contributed by atoms with Crippen molar-refractivity contribution in [1.82, 2.24) is 15.3 Å². The molecular weight excluding hydrogens is 210 g/mol. The minimum Gasteiger partial charge on any atom is -0.308 e. The molecular formula is C14H23N3. The van der Waals surface area contributed by atoms with E-state index in [1.807, 2.05) is 19.2 Å². The van der Waals surface area contributed by atoms with Crippen LogP contribution in [-0.4, -0.2) is 16.0 Å². The molecule has 0 radical (unpaired) electrons. The Labute approximate surface area is 104 Å². The summed E-state index contributed by atoms with van der Waals surface area (Å²) in [5.74, 6) is 1.71. The van der Waals surface area contributed by atoms with Gasteiger partial charge >= 0.3 is 0 Å². The van der Waals surface area contributed by atoms with Crippen molar-refractivity contribution in [2.24, 2.45) is 5.92 Å². The topological polar surface area (TPSA) is 37.8 Å². The summed E-state index contributed by atoms with van der Waals surface area (Å²) < 4.78 is 0. The molecule has 0 spiro atoms. The first-order valence-electron chi connectivity index (χ1n) is 6.77.